The highest BCUT2D eigenvalue weighted by Crippen LogP contribution is 2.29. The Morgan fingerprint density at radius 2 is 1.59 bits per heavy atom. The largest absolute Gasteiger partial charge is 0.335 e. The molecule has 0 spiro atoms. The average molecular weight is 463 g/mol. The van der Waals surface area contributed by atoms with Crippen LogP contribution in [0, 0.1) is 6.92 Å². The molecule has 1 aromatic carbocycles. The molecule has 3 aliphatic rings. The van der Waals surface area contributed by atoms with Gasteiger partial charge in [0.25, 0.3) is 0 Å². The summed E-state index contributed by atoms with van der Waals surface area (Å²) in [5.74, 6) is 0.0853. The Kier molecular flexibility index (Phi) is 7.05. The maximum absolute atomic E-state index is 13.2. The van der Waals surface area contributed by atoms with Crippen LogP contribution in [0.25, 0.3) is 0 Å². The normalized spacial score (nSPS) is 21.7. The summed E-state index contributed by atoms with van der Waals surface area (Å²) >= 11 is 0. The van der Waals surface area contributed by atoms with E-state index in [4.69, 9.17) is 0 Å². The molecule has 0 aromatic heterocycles. The quantitative estimate of drug-likeness (QED) is 0.703. The predicted molar refractivity (Wildman–Crippen MR) is 123 cm³/mol. The van der Waals surface area contributed by atoms with Crippen LogP contribution in [-0.4, -0.2) is 56.4 Å². The number of hydrogen-bond donors (Lipinski definition) is 2. The molecule has 8 nitrogen and oxygen atoms in total. The standard InChI is InChI=1S/C23H34N4O4S/c1-17-16-20(27-13-5-8-22(27)28)9-10-21(17)32(30,31)26-14-11-19(12-15-26)25-23(29)24-18-6-3-2-4-7-18/h9-10,16,18-19H,2-8,11-15H2,1H3,(H2,24,25,29). The van der Waals surface area contributed by atoms with Crippen molar-refractivity contribution < 1.29 is 18.0 Å². The Morgan fingerprint density at radius 3 is 2.19 bits per heavy atom. The number of rotatable bonds is 5. The second-order valence-corrected chi connectivity index (χ2v) is 11.1. The van der Waals surface area contributed by atoms with Gasteiger partial charge in [-0.1, -0.05) is 19.3 Å². The van der Waals surface area contributed by atoms with Crippen molar-refractivity contribution in [2.24, 2.45) is 0 Å². The van der Waals surface area contributed by atoms with E-state index >= 15 is 0 Å². The fraction of sp³-hybridized carbons (Fsp3) is 0.652. The number of piperidine rings is 1. The minimum Gasteiger partial charge on any atom is -0.335 e. The summed E-state index contributed by atoms with van der Waals surface area (Å²) in [6.07, 6.45) is 8.20. The van der Waals surface area contributed by atoms with Gasteiger partial charge >= 0.3 is 6.03 Å². The number of aryl methyl sites for hydroxylation is 1. The maximum atomic E-state index is 13.2. The fourth-order valence-corrected chi connectivity index (χ4v) is 6.73. The van der Waals surface area contributed by atoms with Crippen LogP contribution < -0.4 is 15.5 Å². The third kappa shape index (κ3) is 5.09. The predicted octanol–water partition coefficient (Wildman–Crippen LogP) is 2.91. The van der Waals surface area contributed by atoms with Gasteiger partial charge in [-0.2, -0.15) is 4.31 Å². The topological polar surface area (TPSA) is 98.8 Å². The van der Waals surface area contributed by atoms with Crippen molar-refractivity contribution in [3.05, 3.63) is 23.8 Å². The molecule has 0 unspecified atom stereocenters. The average Bonchev–Trinajstić information content (AvgIpc) is 3.20. The van der Waals surface area contributed by atoms with Crippen molar-refractivity contribution in [2.75, 3.05) is 24.5 Å². The van der Waals surface area contributed by atoms with Crippen LogP contribution >= 0.6 is 0 Å². The highest BCUT2D eigenvalue weighted by Gasteiger charge is 2.32. The van der Waals surface area contributed by atoms with Gasteiger partial charge in [0, 0.05) is 43.8 Å². The number of amides is 3. The first kappa shape index (κ1) is 23.0. The van der Waals surface area contributed by atoms with Crippen LogP contribution in [0.2, 0.25) is 0 Å². The van der Waals surface area contributed by atoms with E-state index in [1.807, 2.05) is 0 Å². The Balaban J connectivity index is 1.33. The van der Waals surface area contributed by atoms with E-state index in [1.54, 1.807) is 30.0 Å². The first-order valence-corrected chi connectivity index (χ1v) is 13.3. The number of carbonyl (C=O) groups is 2. The zero-order valence-corrected chi connectivity index (χ0v) is 19.6. The van der Waals surface area contributed by atoms with Crippen LogP contribution in [-0.2, 0) is 14.8 Å². The molecule has 2 aliphatic heterocycles. The molecule has 4 rings (SSSR count). The Morgan fingerprint density at radius 1 is 0.938 bits per heavy atom. The maximum Gasteiger partial charge on any atom is 0.315 e. The Bertz CT molecular complexity index is 951. The fourth-order valence-electron chi connectivity index (χ4n) is 5.05. The number of nitrogens with one attached hydrogen (secondary N) is 2. The van der Waals surface area contributed by atoms with Gasteiger partial charge in [0.15, 0.2) is 0 Å². The highest BCUT2D eigenvalue weighted by molar-refractivity contribution is 7.89. The molecule has 176 valence electrons. The van der Waals surface area contributed by atoms with E-state index < -0.39 is 10.0 Å². The van der Waals surface area contributed by atoms with Gasteiger partial charge in [-0.15, -0.1) is 0 Å². The third-order valence-electron chi connectivity index (χ3n) is 6.89. The number of carbonyl (C=O) groups excluding carboxylic acids is 2. The van der Waals surface area contributed by atoms with E-state index in [0.29, 0.717) is 44.5 Å². The molecule has 1 aliphatic carbocycles. The zero-order chi connectivity index (χ0) is 22.7. The summed E-state index contributed by atoms with van der Waals surface area (Å²) in [5, 5.41) is 6.09. The van der Waals surface area contributed by atoms with Crippen molar-refractivity contribution in [3.8, 4) is 0 Å². The Labute approximate surface area is 190 Å². The second kappa shape index (κ2) is 9.79. The SMILES string of the molecule is Cc1cc(N2CCCC2=O)ccc1S(=O)(=O)N1CCC(NC(=O)NC2CCCCC2)CC1. The zero-order valence-electron chi connectivity index (χ0n) is 18.8. The lowest BCUT2D eigenvalue weighted by molar-refractivity contribution is -0.117. The van der Waals surface area contributed by atoms with Crippen LogP contribution in [0.15, 0.2) is 23.1 Å². The second-order valence-electron chi connectivity index (χ2n) is 9.23. The number of anilines is 1. The highest BCUT2D eigenvalue weighted by atomic mass is 32.2. The lowest BCUT2D eigenvalue weighted by atomic mass is 9.96. The molecular formula is C23H34N4O4S. The van der Waals surface area contributed by atoms with Gasteiger partial charge in [0.1, 0.15) is 0 Å². The van der Waals surface area contributed by atoms with Crippen molar-refractivity contribution >= 4 is 27.6 Å². The first-order chi connectivity index (χ1) is 15.3. The molecule has 2 N–H and O–H groups in total. The van der Waals surface area contributed by atoms with E-state index in [0.717, 1.165) is 37.8 Å². The molecule has 1 saturated carbocycles. The minimum absolute atomic E-state index is 0.0188. The number of nitrogens with zero attached hydrogens (tertiary/aromatic N) is 2. The molecule has 0 bridgehead atoms. The number of urea groups is 1. The van der Waals surface area contributed by atoms with Gasteiger partial charge in [-0.3, -0.25) is 4.79 Å². The molecule has 32 heavy (non-hydrogen) atoms. The van der Waals surface area contributed by atoms with Gasteiger partial charge in [0.2, 0.25) is 15.9 Å². The third-order valence-corrected chi connectivity index (χ3v) is 8.95. The lowest BCUT2D eigenvalue weighted by Gasteiger charge is -2.32. The van der Waals surface area contributed by atoms with E-state index in [1.165, 1.54) is 10.7 Å². The van der Waals surface area contributed by atoms with Crippen molar-refractivity contribution in [3.63, 3.8) is 0 Å². The monoisotopic (exact) mass is 462 g/mol. The lowest BCUT2D eigenvalue weighted by Crippen LogP contribution is -2.51. The molecule has 3 amide bonds. The molecule has 9 heteroatoms. The van der Waals surface area contributed by atoms with Gasteiger partial charge < -0.3 is 15.5 Å². The molecular weight excluding hydrogens is 428 g/mol. The van der Waals surface area contributed by atoms with E-state index in [-0.39, 0.29) is 28.9 Å². The van der Waals surface area contributed by atoms with Gasteiger partial charge in [-0.05, 0) is 62.8 Å². The van der Waals surface area contributed by atoms with Crippen molar-refractivity contribution in [2.45, 2.75) is 81.7 Å². The molecule has 2 heterocycles. The smallest absolute Gasteiger partial charge is 0.315 e. The van der Waals surface area contributed by atoms with Crippen LogP contribution in [0.3, 0.4) is 0 Å². The van der Waals surface area contributed by atoms with Gasteiger partial charge in [0.05, 0.1) is 4.90 Å². The summed E-state index contributed by atoms with van der Waals surface area (Å²) in [4.78, 5) is 26.3. The summed E-state index contributed by atoms with van der Waals surface area (Å²) in [5.41, 5.74) is 1.41. The van der Waals surface area contributed by atoms with Crippen LogP contribution in [0.5, 0.6) is 0 Å². The first-order valence-electron chi connectivity index (χ1n) is 11.8. The summed E-state index contributed by atoms with van der Waals surface area (Å²) < 4.78 is 28.0. The van der Waals surface area contributed by atoms with Crippen molar-refractivity contribution in [1.82, 2.24) is 14.9 Å². The van der Waals surface area contributed by atoms with E-state index in [9.17, 15) is 18.0 Å². The number of benzene rings is 1. The molecule has 1 aromatic rings. The van der Waals surface area contributed by atoms with Gasteiger partial charge in [-0.25, -0.2) is 13.2 Å². The van der Waals surface area contributed by atoms with Crippen LogP contribution in [0.4, 0.5) is 10.5 Å². The number of hydrogen-bond acceptors (Lipinski definition) is 4. The summed E-state index contributed by atoms with van der Waals surface area (Å²) in [7, 11) is -3.62. The van der Waals surface area contributed by atoms with Crippen molar-refractivity contribution in [1.29, 1.82) is 0 Å². The number of sulfonamides is 1. The molecule has 0 atom stereocenters. The molecule has 2 saturated heterocycles. The summed E-state index contributed by atoms with van der Waals surface area (Å²) in [6.45, 7) is 3.21. The summed E-state index contributed by atoms with van der Waals surface area (Å²) in [6, 6.07) is 5.24. The molecule has 3 fully saturated rings. The van der Waals surface area contributed by atoms with Crippen LogP contribution in [0.1, 0.15) is 63.4 Å². The minimum atomic E-state index is -3.62. The Hall–Kier alpha value is -2.13. The van der Waals surface area contributed by atoms with E-state index in [2.05, 4.69) is 10.6 Å². The molecule has 0 radical (unpaired) electrons.